The topological polar surface area (TPSA) is 50.3 Å². The van der Waals surface area contributed by atoms with Gasteiger partial charge in [0.05, 0.1) is 0 Å². The normalized spacial score (nSPS) is 11.8. The zero-order valence-corrected chi connectivity index (χ0v) is 13.3. The van der Waals surface area contributed by atoms with E-state index >= 15 is 0 Å². The van der Waals surface area contributed by atoms with Crippen LogP contribution in [0.25, 0.3) is 0 Å². The van der Waals surface area contributed by atoms with Crippen molar-refractivity contribution in [3.63, 3.8) is 0 Å². The molecule has 1 aromatic heterocycles. The quantitative estimate of drug-likeness (QED) is 0.766. The van der Waals surface area contributed by atoms with E-state index in [1.807, 2.05) is 37.3 Å². The molecule has 0 fully saturated rings. The average Bonchev–Trinajstić information content (AvgIpc) is 2.48. The number of nitrogens with zero attached hydrogens (tertiary/aromatic N) is 2. The molecule has 1 aromatic carbocycles. The van der Waals surface area contributed by atoms with Gasteiger partial charge in [-0.2, -0.15) is 4.31 Å². The Labute approximate surface area is 130 Å². The molecule has 0 atom stereocenters. The molecular formula is C15H17ClN2O2S. The third kappa shape index (κ3) is 3.81. The van der Waals surface area contributed by atoms with Crippen molar-refractivity contribution < 1.29 is 8.42 Å². The first kappa shape index (κ1) is 15.9. The molecule has 0 amide bonds. The lowest BCUT2D eigenvalue weighted by atomic mass is 10.2. The number of hydrogen-bond donors (Lipinski definition) is 0. The van der Waals surface area contributed by atoms with Crippen molar-refractivity contribution in [2.45, 2.75) is 24.8 Å². The van der Waals surface area contributed by atoms with Gasteiger partial charge in [0.15, 0.2) is 0 Å². The van der Waals surface area contributed by atoms with E-state index in [0.29, 0.717) is 13.1 Å². The van der Waals surface area contributed by atoms with Crippen LogP contribution in [0.4, 0.5) is 0 Å². The van der Waals surface area contributed by atoms with Crippen molar-refractivity contribution in [1.82, 2.24) is 9.29 Å². The van der Waals surface area contributed by atoms with Crippen molar-refractivity contribution in [3.8, 4) is 0 Å². The van der Waals surface area contributed by atoms with E-state index in [0.717, 1.165) is 12.0 Å². The minimum Gasteiger partial charge on any atom is -0.243 e. The minimum absolute atomic E-state index is 0.00617. The van der Waals surface area contributed by atoms with Crippen LogP contribution < -0.4 is 0 Å². The molecule has 0 unspecified atom stereocenters. The summed E-state index contributed by atoms with van der Waals surface area (Å²) >= 11 is 5.94. The molecule has 112 valence electrons. The fourth-order valence-electron chi connectivity index (χ4n) is 2.02. The molecule has 6 heteroatoms. The second-order valence-corrected chi connectivity index (χ2v) is 6.88. The maximum absolute atomic E-state index is 12.7. The lowest BCUT2D eigenvalue weighted by Gasteiger charge is -2.22. The van der Waals surface area contributed by atoms with E-state index in [1.54, 1.807) is 6.07 Å². The molecule has 2 aromatic rings. The number of benzene rings is 1. The van der Waals surface area contributed by atoms with Gasteiger partial charge in [-0.15, -0.1) is 0 Å². The zero-order chi connectivity index (χ0) is 15.3. The Bertz CT molecular complexity index is 690. The van der Waals surface area contributed by atoms with Crippen LogP contribution in [0.15, 0.2) is 53.6 Å². The lowest BCUT2D eigenvalue weighted by Crippen LogP contribution is -2.31. The molecule has 0 aliphatic rings. The molecule has 21 heavy (non-hydrogen) atoms. The molecule has 1 heterocycles. The number of halogens is 1. The Hall–Kier alpha value is -1.43. The highest BCUT2D eigenvalue weighted by atomic mass is 35.5. The monoisotopic (exact) mass is 324 g/mol. The summed E-state index contributed by atoms with van der Waals surface area (Å²) in [4.78, 5) is 3.91. The van der Waals surface area contributed by atoms with Crippen LogP contribution in [0.2, 0.25) is 5.15 Å². The van der Waals surface area contributed by atoms with Gasteiger partial charge < -0.3 is 0 Å². The first-order valence-electron chi connectivity index (χ1n) is 6.70. The standard InChI is InChI=1S/C15H17ClN2O2S/c1-2-11-18(12-13-7-4-3-5-8-13)21(19,20)14-9-6-10-17-15(14)16/h3-10H,2,11-12H2,1H3. The summed E-state index contributed by atoms with van der Waals surface area (Å²) in [7, 11) is -3.65. The van der Waals surface area contributed by atoms with Crippen LogP contribution in [-0.4, -0.2) is 24.3 Å². The molecule has 0 spiro atoms. The third-order valence-electron chi connectivity index (χ3n) is 3.02. The van der Waals surface area contributed by atoms with Gasteiger partial charge in [-0.25, -0.2) is 13.4 Å². The first-order chi connectivity index (χ1) is 10.1. The van der Waals surface area contributed by atoms with Crippen molar-refractivity contribution in [2.75, 3.05) is 6.54 Å². The highest BCUT2D eigenvalue weighted by Crippen LogP contribution is 2.23. The Morgan fingerprint density at radius 3 is 2.48 bits per heavy atom. The fourth-order valence-corrected chi connectivity index (χ4v) is 3.97. The van der Waals surface area contributed by atoms with Gasteiger partial charge in [-0.05, 0) is 24.1 Å². The average molecular weight is 325 g/mol. The minimum atomic E-state index is -3.65. The number of hydrogen-bond acceptors (Lipinski definition) is 3. The van der Waals surface area contributed by atoms with Crippen molar-refractivity contribution >= 4 is 21.6 Å². The molecule has 2 rings (SSSR count). The first-order valence-corrected chi connectivity index (χ1v) is 8.52. The van der Waals surface area contributed by atoms with Crippen LogP contribution in [0.1, 0.15) is 18.9 Å². The highest BCUT2D eigenvalue weighted by Gasteiger charge is 2.26. The summed E-state index contributed by atoms with van der Waals surface area (Å²) in [6.45, 7) is 2.70. The summed E-state index contributed by atoms with van der Waals surface area (Å²) < 4.78 is 26.9. The van der Waals surface area contributed by atoms with Crippen LogP contribution in [-0.2, 0) is 16.6 Å². The van der Waals surface area contributed by atoms with E-state index in [2.05, 4.69) is 4.98 Å². The Kier molecular flexibility index (Phi) is 5.33. The molecule has 0 saturated carbocycles. The van der Waals surface area contributed by atoms with Crippen LogP contribution in [0, 0.1) is 0 Å². The lowest BCUT2D eigenvalue weighted by molar-refractivity contribution is 0.405. The number of sulfonamides is 1. The summed E-state index contributed by atoms with van der Waals surface area (Å²) in [5, 5.41) is 0.00617. The van der Waals surface area contributed by atoms with Crippen LogP contribution >= 0.6 is 11.6 Å². The largest absolute Gasteiger partial charge is 0.246 e. The summed E-state index contributed by atoms with van der Waals surface area (Å²) in [5.74, 6) is 0. The highest BCUT2D eigenvalue weighted by molar-refractivity contribution is 7.89. The van der Waals surface area contributed by atoms with Gasteiger partial charge in [0.1, 0.15) is 10.0 Å². The van der Waals surface area contributed by atoms with Gasteiger partial charge in [0.25, 0.3) is 0 Å². The maximum Gasteiger partial charge on any atom is 0.246 e. The van der Waals surface area contributed by atoms with Crippen molar-refractivity contribution in [1.29, 1.82) is 0 Å². The molecule has 0 radical (unpaired) electrons. The second-order valence-electron chi connectivity index (χ2n) is 4.62. The number of rotatable bonds is 6. The van der Waals surface area contributed by atoms with E-state index < -0.39 is 10.0 Å². The third-order valence-corrected chi connectivity index (χ3v) is 5.31. The molecule has 0 saturated heterocycles. The molecule has 0 aliphatic carbocycles. The summed E-state index contributed by atoms with van der Waals surface area (Å²) in [5.41, 5.74) is 0.939. The summed E-state index contributed by atoms with van der Waals surface area (Å²) in [6.07, 6.45) is 2.20. The predicted molar refractivity (Wildman–Crippen MR) is 83.6 cm³/mol. The smallest absolute Gasteiger partial charge is 0.243 e. The van der Waals surface area contributed by atoms with Gasteiger partial charge in [0.2, 0.25) is 10.0 Å². The number of aromatic nitrogens is 1. The second kappa shape index (κ2) is 7.02. The van der Waals surface area contributed by atoms with Crippen molar-refractivity contribution in [3.05, 3.63) is 59.4 Å². The molecule has 0 N–H and O–H groups in total. The van der Waals surface area contributed by atoms with Gasteiger partial charge in [-0.1, -0.05) is 48.9 Å². The van der Waals surface area contributed by atoms with E-state index in [4.69, 9.17) is 11.6 Å². The van der Waals surface area contributed by atoms with Crippen LogP contribution in [0.3, 0.4) is 0 Å². The molecule has 4 nitrogen and oxygen atoms in total. The fraction of sp³-hybridized carbons (Fsp3) is 0.267. The SMILES string of the molecule is CCCN(Cc1ccccc1)S(=O)(=O)c1cccnc1Cl. The predicted octanol–water partition coefficient (Wildman–Crippen LogP) is 3.34. The van der Waals surface area contributed by atoms with E-state index in [9.17, 15) is 8.42 Å². The van der Waals surface area contributed by atoms with Crippen LogP contribution in [0.5, 0.6) is 0 Å². The van der Waals surface area contributed by atoms with Gasteiger partial charge >= 0.3 is 0 Å². The Balaban J connectivity index is 2.35. The van der Waals surface area contributed by atoms with E-state index in [-0.39, 0.29) is 10.0 Å². The maximum atomic E-state index is 12.7. The van der Waals surface area contributed by atoms with Gasteiger partial charge in [0, 0.05) is 19.3 Å². The zero-order valence-electron chi connectivity index (χ0n) is 11.7. The number of pyridine rings is 1. The van der Waals surface area contributed by atoms with Gasteiger partial charge in [-0.3, -0.25) is 0 Å². The molecule has 0 bridgehead atoms. The molecular weight excluding hydrogens is 308 g/mol. The Morgan fingerprint density at radius 1 is 1.14 bits per heavy atom. The Morgan fingerprint density at radius 2 is 1.86 bits per heavy atom. The van der Waals surface area contributed by atoms with Crippen molar-refractivity contribution in [2.24, 2.45) is 0 Å². The molecule has 0 aliphatic heterocycles. The van der Waals surface area contributed by atoms with E-state index in [1.165, 1.54) is 16.6 Å². The summed E-state index contributed by atoms with van der Waals surface area (Å²) in [6, 6.07) is 12.6.